The minimum atomic E-state index is 0.565. The maximum absolute atomic E-state index is 3.83. The zero-order valence-electron chi connectivity index (χ0n) is 14.9. The van der Waals surface area contributed by atoms with Gasteiger partial charge in [-0.25, -0.2) is 0 Å². The third kappa shape index (κ3) is 4.82. The van der Waals surface area contributed by atoms with E-state index in [2.05, 4.69) is 69.8 Å². The van der Waals surface area contributed by atoms with Crippen molar-refractivity contribution in [2.45, 2.75) is 58.8 Å². The first-order valence-corrected chi connectivity index (χ1v) is 8.98. The van der Waals surface area contributed by atoms with Gasteiger partial charge in [-0.15, -0.1) is 6.58 Å². The molecule has 2 aromatic rings. The van der Waals surface area contributed by atoms with Gasteiger partial charge in [-0.3, -0.25) is 0 Å². The lowest BCUT2D eigenvalue weighted by Gasteiger charge is -2.11. The average molecular weight is 306 g/mol. The molecule has 0 aliphatic carbocycles. The van der Waals surface area contributed by atoms with E-state index in [9.17, 15) is 0 Å². The summed E-state index contributed by atoms with van der Waals surface area (Å²) in [6.45, 7) is 10.6. The van der Waals surface area contributed by atoms with Crippen LogP contribution in [0.5, 0.6) is 0 Å². The Morgan fingerprint density at radius 1 is 0.870 bits per heavy atom. The minimum absolute atomic E-state index is 0.565. The molecule has 23 heavy (non-hydrogen) atoms. The maximum Gasteiger partial charge on any atom is -0.0156 e. The Hall–Kier alpha value is -1.82. The Morgan fingerprint density at radius 3 is 2.09 bits per heavy atom. The molecule has 2 rings (SSSR count). The van der Waals surface area contributed by atoms with Crippen molar-refractivity contribution in [2.75, 3.05) is 0 Å². The Morgan fingerprint density at radius 2 is 1.48 bits per heavy atom. The highest BCUT2D eigenvalue weighted by molar-refractivity contribution is 5.33. The summed E-state index contributed by atoms with van der Waals surface area (Å²) in [6, 6.07) is 16.2. The van der Waals surface area contributed by atoms with E-state index in [-0.39, 0.29) is 0 Å². The molecule has 0 saturated carbocycles. The zero-order valence-corrected chi connectivity index (χ0v) is 14.9. The van der Waals surface area contributed by atoms with Crippen LogP contribution >= 0.6 is 0 Å². The van der Waals surface area contributed by atoms with Crippen LogP contribution in [0.15, 0.2) is 55.1 Å². The van der Waals surface area contributed by atoms with E-state index in [1.165, 1.54) is 27.8 Å². The second-order valence-corrected chi connectivity index (χ2v) is 6.48. The quantitative estimate of drug-likeness (QED) is 0.504. The van der Waals surface area contributed by atoms with Crippen LogP contribution in [-0.4, -0.2) is 0 Å². The molecule has 0 spiro atoms. The normalized spacial score (nSPS) is 12.1. The molecule has 2 aromatic carbocycles. The molecule has 0 aliphatic rings. The zero-order chi connectivity index (χ0) is 16.7. The Bertz CT molecular complexity index is 619. The van der Waals surface area contributed by atoms with Crippen LogP contribution in [0, 0.1) is 0 Å². The summed E-state index contributed by atoms with van der Waals surface area (Å²) in [5, 5.41) is 0. The van der Waals surface area contributed by atoms with Crippen molar-refractivity contribution in [1.82, 2.24) is 0 Å². The van der Waals surface area contributed by atoms with E-state index in [1.54, 1.807) is 0 Å². The van der Waals surface area contributed by atoms with Gasteiger partial charge in [-0.2, -0.15) is 0 Å². The van der Waals surface area contributed by atoms with Crippen molar-refractivity contribution in [2.24, 2.45) is 0 Å². The first-order chi connectivity index (χ1) is 11.2. The molecule has 1 atom stereocenters. The minimum Gasteiger partial charge on any atom is -0.103 e. The molecule has 0 heterocycles. The molecule has 122 valence electrons. The van der Waals surface area contributed by atoms with Crippen LogP contribution in [0.3, 0.4) is 0 Å². The molecule has 0 radical (unpaired) electrons. The lowest BCUT2D eigenvalue weighted by atomic mass is 9.94. The summed E-state index contributed by atoms with van der Waals surface area (Å²) in [7, 11) is 0. The van der Waals surface area contributed by atoms with Crippen molar-refractivity contribution in [3.05, 3.63) is 82.9 Å². The fourth-order valence-corrected chi connectivity index (χ4v) is 3.20. The lowest BCUT2D eigenvalue weighted by Crippen LogP contribution is -1.97. The SMILES string of the molecule is C=CC[C@@H](C)c1ccc(CCc2ccc(CC)c(CC)c2)cc1. The predicted octanol–water partition coefficient (Wildman–Crippen LogP) is 6.28. The van der Waals surface area contributed by atoms with Gasteiger partial charge in [0, 0.05) is 0 Å². The molecule has 0 bridgehead atoms. The number of hydrogen-bond acceptors (Lipinski definition) is 0. The fraction of sp³-hybridized carbons (Fsp3) is 0.391. The average Bonchev–Trinajstić information content (AvgIpc) is 2.60. The molecule has 0 heteroatoms. The number of benzene rings is 2. The molecule has 0 unspecified atom stereocenters. The first kappa shape index (κ1) is 17.5. The van der Waals surface area contributed by atoms with E-state index in [0.29, 0.717) is 5.92 Å². The topological polar surface area (TPSA) is 0 Å². The lowest BCUT2D eigenvalue weighted by molar-refractivity contribution is 0.780. The third-order valence-electron chi connectivity index (χ3n) is 4.80. The molecule has 0 aliphatic heterocycles. The summed E-state index contributed by atoms with van der Waals surface area (Å²) in [6.07, 6.45) is 7.55. The van der Waals surface area contributed by atoms with Gasteiger partial charge in [0.2, 0.25) is 0 Å². The first-order valence-electron chi connectivity index (χ1n) is 8.98. The number of allylic oxidation sites excluding steroid dienone is 1. The summed E-state index contributed by atoms with van der Waals surface area (Å²) < 4.78 is 0. The van der Waals surface area contributed by atoms with Crippen molar-refractivity contribution >= 4 is 0 Å². The van der Waals surface area contributed by atoms with Crippen LogP contribution in [0.1, 0.15) is 60.9 Å². The standard InChI is InChI=1S/C23H30/c1-5-8-18(4)23-15-11-19(12-16-23)9-10-20-13-14-21(6-2)22(7-3)17-20/h5,11-18H,1,6-10H2,2-4H3/t18-/m1/s1. The molecule has 0 fully saturated rings. The van der Waals surface area contributed by atoms with Crippen molar-refractivity contribution < 1.29 is 0 Å². The third-order valence-corrected chi connectivity index (χ3v) is 4.80. The summed E-state index contributed by atoms with van der Waals surface area (Å²) >= 11 is 0. The smallest absolute Gasteiger partial charge is 0.0156 e. The van der Waals surface area contributed by atoms with Crippen molar-refractivity contribution in [3.8, 4) is 0 Å². The molecular weight excluding hydrogens is 276 g/mol. The maximum atomic E-state index is 3.83. The molecule has 0 N–H and O–H groups in total. The van der Waals surface area contributed by atoms with Gasteiger partial charge >= 0.3 is 0 Å². The van der Waals surface area contributed by atoms with Gasteiger partial charge in [0.15, 0.2) is 0 Å². The monoisotopic (exact) mass is 306 g/mol. The Labute approximate surface area is 142 Å². The predicted molar refractivity (Wildman–Crippen MR) is 102 cm³/mol. The van der Waals surface area contributed by atoms with E-state index in [0.717, 1.165) is 32.1 Å². The molecular formula is C23H30. The van der Waals surface area contributed by atoms with E-state index in [1.807, 2.05) is 6.08 Å². The van der Waals surface area contributed by atoms with Crippen molar-refractivity contribution in [1.29, 1.82) is 0 Å². The number of aryl methyl sites for hydroxylation is 4. The van der Waals surface area contributed by atoms with Gasteiger partial charge < -0.3 is 0 Å². The number of rotatable bonds is 8. The van der Waals surface area contributed by atoms with E-state index >= 15 is 0 Å². The highest BCUT2D eigenvalue weighted by Gasteiger charge is 2.04. The van der Waals surface area contributed by atoms with Crippen LogP contribution < -0.4 is 0 Å². The second-order valence-electron chi connectivity index (χ2n) is 6.48. The van der Waals surface area contributed by atoms with Gasteiger partial charge in [0.1, 0.15) is 0 Å². The Kier molecular flexibility index (Phi) is 6.65. The number of hydrogen-bond donors (Lipinski definition) is 0. The summed E-state index contributed by atoms with van der Waals surface area (Å²) in [5.74, 6) is 0.565. The largest absolute Gasteiger partial charge is 0.103 e. The highest BCUT2D eigenvalue weighted by Crippen LogP contribution is 2.20. The van der Waals surface area contributed by atoms with Crippen LogP contribution in [-0.2, 0) is 25.7 Å². The Balaban J connectivity index is 1.99. The van der Waals surface area contributed by atoms with Gasteiger partial charge in [-0.05, 0) is 65.8 Å². The van der Waals surface area contributed by atoms with E-state index in [4.69, 9.17) is 0 Å². The summed E-state index contributed by atoms with van der Waals surface area (Å²) in [5.41, 5.74) is 7.31. The highest BCUT2D eigenvalue weighted by atomic mass is 14.1. The summed E-state index contributed by atoms with van der Waals surface area (Å²) in [4.78, 5) is 0. The molecule has 0 amide bonds. The fourth-order valence-electron chi connectivity index (χ4n) is 3.20. The molecule has 0 saturated heterocycles. The van der Waals surface area contributed by atoms with Crippen LogP contribution in [0.25, 0.3) is 0 Å². The molecule has 0 aromatic heterocycles. The van der Waals surface area contributed by atoms with Crippen LogP contribution in [0.4, 0.5) is 0 Å². The van der Waals surface area contributed by atoms with Gasteiger partial charge in [0.05, 0.1) is 0 Å². The second kappa shape index (κ2) is 8.72. The van der Waals surface area contributed by atoms with E-state index < -0.39 is 0 Å². The van der Waals surface area contributed by atoms with Gasteiger partial charge in [0.25, 0.3) is 0 Å². The molecule has 0 nitrogen and oxygen atoms in total. The van der Waals surface area contributed by atoms with Gasteiger partial charge in [-0.1, -0.05) is 69.3 Å². The van der Waals surface area contributed by atoms with Crippen molar-refractivity contribution in [3.63, 3.8) is 0 Å². The van der Waals surface area contributed by atoms with Crippen LogP contribution in [0.2, 0.25) is 0 Å².